The van der Waals surface area contributed by atoms with E-state index >= 15 is 0 Å². The minimum atomic E-state index is -0.719. The summed E-state index contributed by atoms with van der Waals surface area (Å²) in [7, 11) is 1.49. The number of benzene rings is 3. The number of carbonyl (C=O) groups excluding carboxylic acids is 5. The van der Waals surface area contributed by atoms with Crippen LogP contribution < -0.4 is 9.47 Å². The Bertz CT molecular complexity index is 1310. The van der Waals surface area contributed by atoms with Crippen molar-refractivity contribution in [2.75, 3.05) is 20.3 Å². The smallest absolute Gasteiger partial charge is 0.343 e. The second-order valence-electron chi connectivity index (χ2n) is 7.79. The molecule has 0 saturated heterocycles. The molecule has 3 aromatic carbocycles. The lowest BCUT2D eigenvalue weighted by Gasteiger charge is -2.13. The number of esters is 2. The normalized spacial score (nSPS) is 12.2. The van der Waals surface area contributed by atoms with Crippen LogP contribution in [0.4, 0.5) is 0 Å². The Morgan fingerprint density at radius 1 is 0.778 bits per heavy atom. The van der Waals surface area contributed by atoms with Crippen LogP contribution in [0.15, 0.2) is 72.8 Å². The number of hydrogen-bond donors (Lipinski definition) is 0. The summed E-state index contributed by atoms with van der Waals surface area (Å²) in [5, 5.41) is 0. The summed E-state index contributed by atoms with van der Waals surface area (Å²) in [6.45, 7) is -0.656. The van der Waals surface area contributed by atoms with Gasteiger partial charge in [-0.05, 0) is 54.6 Å². The van der Waals surface area contributed by atoms with Gasteiger partial charge in [-0.2, -0.15) is 0 Å². The number of ketones is 1. The van der Waals surface area contributed by atoms with E-state index in [1.807, 2.05) is 0 Å². The van der Waals surface area contributed by atoms with E-state index in [0.717, 1.165) is 4.90 Å². The molecule has 0 unspecified atom stereocenters. The number of ether oxygens (including phenoxy) is 3. The maximum absolute atomic E-state index is 12.4. The van der Waals surface area contributed by atoms with Crippen molar-refractivity contribution in [3.05, 3.63) is 95.1 Å². The number of fused-ring (bicyclic) bond motifs is 1. The van der Waals surface area contributed by atoms with E-state index in [9.17, 15) is 24.0 Å². The van der Waals surface area contributed by atoms with Crippen LogP contribution in [0, 0.1) is 0 Å². The molecule has 0 atom stereocenters. The van der Waals surface area contributed by atoms with Gasteiger partial charge in [-0.1, -0.05) is 18.2 Å². The summed E-state index contributed by atoms with van der Waals surface area (Å²) >= 11 is 0. The quantitative estimate of drug-likeness (QED) is 0.195. The molecule has 1 aliphatic rings. The Hall–Kier alpha value is -4.79. The standard InChI is InChI=1S/C27H21NO8/c1-34-20-6-4-5-18(15-20)27(33)36-19-11-9-17(10-12-19)23(29)16-35-24(30)13-14-28-25(31)21-7-2-3-8-22(21)26(28)32/h2-12,15H,13-14,16H2,1H3. The summed E-state index contributed by atoms with van der Waals surface area (Å²) in [6, 6.07) is 18.7. The average Bonchev–Trinajstić information content (AvgIpc) is 3.15. The number of nitrogens with zero attached hydrogens (tertiary/aromatic N) is 1. The molecule has 0 fully saturated rings. The van der Waals surface area contributed by atoms with Crippen LogP contribution in [0.25, 0.3) is 0 Å². The molecule has 0 saturated carbocycles. The molecular weight excluding hydrogens is 466 g/mol. The summed E-state index contributed by atoms with van der Waals surface area (Å²) in [4.78, 5) is 62.4. The Balaban J connectivity index is 1.25. The number of rotatable bonds is 9. The summed E-state index contributed by atoms with van der Waals surface area (Å²) < 4.78 is 15.4. The fourth-order valence-corrected chi connectivity index (χ4v) is 3.57. The van der Waals surface area contributed by atoms with E-state index in [4.69, 9.17) is 14.2 Å². The van der Waals surface area contributed by atoms with Crippen molar-refractivity contribution in [1.29, 1.82) is 0 Å². The van der Waals surface area contributed by atoms with Gasteiger partial charge in [-0.25, -0.2) is 4.79 Å². The number of methoxy groups -OCH3 is 1. The van der Waals surface area contributed by atoms with E-state index < -0.39 is 36.1 Å². The molecule has 3 aromatic rings. The van der Waals surface area contributed by atoms with Crippen LogP contribution in [0.1, 0.15) is 47.9 Å². The molecule has 1 aliphatic heterocycles. The van der Waals surface area contributed by atoms with E-state index in [2.05, 4.69) is 0 Å². The fourth-order valence-electron chi connectivity index (χ4n) is 3.57. The highest BCUT2D eigenvalue weighted by Gasteiger charge is 2.35. The Labute approximate surface area is 206 Å². The Kier molecular flexibility index (Phi) is 7.20. The van der Waals surface area contributed by atoms with E-state index in [1.54, 1.807) is 48.5 Å². The van der Waals surface area contributed by atoms with E-state index in [0.29, 0.717) is 22.4 Å². The third-order valence-electron chi connectivity index (χ3n) is 5.47. The molecule has 182 valence electrons. The fraction of sp³-hybridized carbons (Fsp3) is 0.148. The molecule has 0 radical (unpaired) electrons. The SMILES string of the molecule is COc1cccc(C(=O)Oc2ccc(C(=O)COC(=O)CCN3C(=O)c4ccccc4C3=O)cc2)c1. The van der Waals surface area contributed by atoms with Crippen LogP contribution in [0.2, 0.25) is 0 Å². The summed E-state index contributed by atoms with van der Waals surface area (Å²) in [5.41, 5.74) is 1.15. The van der Waals surface area contributed by atoms with Gasteiger partial charge in [0.15, 0.2) is 12.4 Å². The first-order valence-electron chi connectivity index (χ1n) is 11.0. The average molecular weight is 487 g/mol. The minimum Gasteiger partial charge on any atom is -0.497 e. The van der Waals surface area contributed by atoms with Gasteiger partial charge < -0.3 is 14.2 Å². The van der Waals surface area contributed by atoms with Crippen molar-refractivity contribution in [1.82, 2.24) is 4.90 Å². The van der Waals surface area contributed by atoms with Gasteiger partial charge in [-0.15, -0.1) is 0 Å². The van der Waals surface area contributed by atoms with Crippen molar-refractivity contribution in [2.45, 2.75) is 6.42 Å². The van der Waals surface area contributed by atoms with Gasteiger partial charge in [0.2, 0.25) is 0 Å². The van der Waals surface area contributed by atoms with Gasteiger partial charge in [0.05, 0.1) is 30.2 Å². The predicted octanol–water partition coefficient (Wildman–Crippen LogP) is 3.33. The first-order valence-corrected chi connectivity index (χ1v) is 11.0. The van der Waals surface area contributed by atoms with Crippen LogP contribution >= 0.6 is 0 Å². The lowest BCUT2D eigenvalue weighted by molar-refractivity contribution is -0.142. The van der Waals surface area contributed by atoms with E-state index in [1.165, 1.54) is 31.4 Å². The van der Waals surface area contributed by atoms with Gasteiger partial charge in [0.1, 0.15) is 11.5 Å². The summed E-state index contributed by atoms with van der Waals surface area (Å²) in [6.07, 6.45) is -0.238. The molecule has 9 heteroatoms. The number of hydrogen-bond acceptors (Lipinski definition) is 8. The third kappa shape index (κ3) is 5.30. The van der Waals surface area contributed by atoms with Gasteiger partial charge in [0, 0.05) is 12.1 Å². The highest BCUT2D eigenvalue weighted by atomic mass is 16.5. The van der Waals surface area contributed by atoms with Crippen LogP contribution in [0.5, 0.6) is 11.5 Å². The first-order chi connectivity index (χ1) is 17.4. The molecule has 1 heterocycles. The third-order valence-corrected chi connectivity index (χ3v) is 5.47. The van der Waals surface area contributed by atoms with Gasteiger partial charge in [0.25, 0.3) is 11.8 Å². The van der Waals surface area contributed by atoms with E-state index in [-0.39, 0.29) is 24.3 Å². The zero-order valence-corrected chi connectivity index (χ0v) is 19.3. The monoisotopic (exact) mass is 487 g/mol. The second-order valence-corrected chi connectivity index (χ2v) is 7.79. The molecule has 4 rings (SSSR count). The zero-order chi connectivity index (χ0) is 25.7. The van der Waals surface area contributed by atoms with Gasteiger partial charge >= 0.3 is 11.9 Å². The Morgan fingerprint density at radius 3 is 2.08 bits per heavy atom. The lowest BCUT2D eigenvalue weighted by atomic mass is 10.1. The largest absolute Gasteiger partial charge is 0.497 e. The minimum absolute atomic E-state index is 0.146. The highest BCUT2D eigenvalue weighted by Crippen LogP contribution is 2.22. The second kappa shape index (κ2) is 10.6. The van der Waals surface area contributed by atoms with Crippen molar-refractivity contribution >= 4 is 29.5 Å². The molecule has 0 aromatic heterocycles. The van der Waals surface area contributed by atoms with Crippen molar-refractivity contribution in [3.63, 3.8) is 0 Å². The Morgan fingerprint density at radius 2 is 1.44 bits per heavy atom. The van der Waals surface area contributed by atoms with Crippen molar-refractivity contribution in [3.8, 4) is 11.5 Å². The first kappa shape index (κ1) is 24.3. The molecule has 2 amide bonds. The van der Waals surface area contributed by atoms with Crippen molar-refractivity contribution < 1.29 is 38.2 Å². The molecule has 9 nitrogen and oxygen atoms in total. The highest BCUT2D eigenvalue weighted by molar-refractivity contribution is 6.21. The topological polar surface area (TPSA) is 116 Å². The molecule has 0 aliphatic carbocycles. The summed E-state index contributed by atoms with van der Waals surface area (Å²) in [5.74, 6) is -1.95. The number of carbonyl (C=O) groups is 5. The number of imide groups is 1. The predicted molar refractivity (Wildman–Crippen MR) is 126 cm³/mol. The number of amides is 2. The zero-order valence-electron chi connectivity index (χ0n) is 19.3. The molecule has 0 N–H and O–H groups in total. The molecular formula is C27H21NO8. The maximum Gasteiger partial charge on any atom is 0.343 e. The van der Waals surface area contributed by atoms with Crippen molar-refractivity contribution in [2.24, 2.45) is 0 Å². The number of Topliss-reactive ketones (excluding diaryl/α,β-unsaturated/α-hetero) is 1. The molecule has 0 bridgehead atoms. The molecule has 0 spiro atoms. The molecule has 36 heavy (non-hydrogen) atoms. The maximum atomic E-state index is 12.4. The van der Waals surface area contributed by atoms with Crippen LogP contribution in [0.3, 0.4) is 0 Å². The van der Waals surface area contributed by atoms with Crippen LogP contribution in [-0.2, 0) is 9.53 Å². The van der Waals surface area contributed by atoms with Crippen LogP contribution in [-0.4, -0.2) is 54.7 Å². The van der Waals surface area contributed by atoms with Gasteiger partial charge in [-0.3, -0.25) is 24.1 Å². The lowest BCUT2D eigenvalue weighted by Crippen LogP contribution is -2.32.